The number of benzene rings is 3. The van der Waals surface area contributed by atoms with Gasteiger partial charge < -0.3 is 4.74 Å². The van der Waals surface area contributed by atoms with E-state index in [0.29, 0.717) is 17.9 Å². The van der Waals surface area contributed by atoms with Crippen molar-refractivity contribution in [2.75, 3.05) is 17.5 Å². The van der Waals surface area contributed by atoms with Crippen LogP contribution in [0.15, 0.2) is 76.1 Å². The van der Waals surface area contributed by atoms with Crippen molar-refractivity contribution in [3.05, 3.63) is 93.7 Å². The molecule has 2 heterocycles. The Bertz CT molecular complexity index is 1260. The van der Waals surface area contributed by atoms with Gasteiger partial charge in [-0.15, -0.1) is 0 Å². The molecule has 3 aromatic carbocycles. The molecule has 5 rings (SSSR count). The van der Waals surface area contributed by atoms with Crippen LogP contribution in [0, 0.1) is 18.7 Å². The molecule has 166 valence electrons. The number of anilines is 1. The van der Waals surface area contributed by atoms with Gasteiger partial charge in [-0.25, -0.2) is 12.8 Å². The highest BCUT2D eigenvalue weighted by atomic mass is 79.9. The highest BCUT2D eigenvalue weighted by Crippen LogP contribution is 2.50. The van der Waals surface area contributed by atoms with Gasteiger partial charge in [0.2, 0.25) is 0 Å². The maximum atomic E-state index is 14.8. The second kappa shape index (κ2) is 8.28. The molecule has 0 aliphatic carbocycles. The molecule has 0 spiro atoms. The van der Waals surface area contributed by atoms with Gasteiger partial charge in [0.25, 0.3) is 10.0 Å². The summed E-state index contributed by atoms with van der Waals surface area (Å²) in [6, 6.07) is 19.3. The summed E-state index contributed by atoms with van der Waals surface area (Å²) in [4.78, 5) is 0.248. The Morgan fingerprint density at radius 1 is 1.03 bits per heavy atom. The molecule has 7 heteroatoms. The van der Waals surface area contributed by atoms with Crippen molar-refractivity contribution in [2.45, 2.75) is 30.3 Å². The summed E-state index contributed by atoms with van der Waals surface area (Å²) in [5.41, 5.74) is 3.13. The molecule has 0 bridgehead atoms. The third kappa shape index (κ3) is 3.66. The first-order valence-electron chi connectivity index (χ1n) is 10.6. The summed E-state index contributed by atoms with van der Waals surface area (Å²) < 4.78 is 50.5. The Balaban J connectivity index is 1.62. The van der Waals surface area contributed by atoms with Crippen molar-refractivity contribution in [1.82, 2.24) is 0 Å². The molecule has 0 aromatic heterocycles. The summed E-state index contributed by atoms with van der Waals surface area (Å²) in [6.07, 6.45) is 0.238. The van der Waals surface area contributed by atoms with Gasteiger partial charge in [-0.3, -0.25) is 4.31 Å². The number of ether oxygens (including phenoxy) is 1. The normalized spacial score (nSPS) is 22.8. The molecule has 2 aliphatic heterocycles. The van der Waals surface area contributed by atoms with Gasteiger partial charge >= 0.3 is 0 Å². The largest absolute Gasteiger partial charge is 0.373 e. The minimum absolute atomic E-state index is 0.0906. The van der Waals surface area contributed by atoms with Crippen molar-refractivity contribution in [3.8, 4) is 0 Å². The van der Waals surface area contributed by atoms with Crippen LogP contribution in [0.2, 0.25) is 0 Å². The Labute approximate surface area is 196 Å². The van der Waals surface area contributed by atoms with E-state index in [0.717, 1.165) is 22.0 Å². The number of para-hydroxylation sites is 1. The quantitative estimate of drug-likeness (QED) is 0.431. The van der Waals surface area contributed by atoms with Gasteiger partial charge in [0.05, 0.1) is 16.7 Å². The Morgan fingerprint density at radius 3 is 2.56 bits per heavy atom. The topological polar surface area (TPSA) is 46.6 Å². The Morgan fingerprint density at radius 2 is 1.78 bits per heavy atom. The molecule has 4 nitrogen and oxygen atoms in total. The zero-order valence-electron chi connectivity index (χ0n) is 17.5. The SMILES string of the molecule is Cc1ccc(S(=O)(=O)N2C[C@@H]3[C@@H](c4cc(Br)ccc4F)OCC[C@H]3c3ccccc32)cc1. The molecule has 0 unspecified atom stereocenters. The van der Waals surface area contributed by atoms with Crippen molar-refractivity contribution < 1.29 is 17.5 Å². The number of nitrogens with zero attached hydrogens (tertiary/aromatic N) is 1. The van der Waals surface area contributed by atoms with Crippen LogP contribution in [0.5, 0.6) is 0 Å². The molecule has 3 atom stereocenters. The number of aryl methyl sites for hydroxylation is 1. The van der Waals surface area contributed by atoms with Crippen LogP contribution in [-0.4, -0.2) is 21.6 Å². The van der Waals surface area contributed by atoms with E-state index in [1.54, 1.807) is 36.4 Å². The predicted octanol–water partition coefficient (Wildman–Crippen LogP) is 5.97. The number of sulfonamides is 1. The molecule has 3 aromatic rings. The van der Waals surface area contributed by atoms with Crippen molar-refractivity contribution in [3.63, 3.8) is 0 Å². The van der Waals surface area contributed by atoms with E-state index in [4.69, 9.17) is 4.74 Å². The fourth-order valence-corrected chi connectivity index (χ4v) is 6.82. The van der Waals surface area contributed by atoms with Crippen LogP contribution in [0.3, 0.4) is 0 Å². The van der Waals surface area contributed by atoms with Gasteiger partial charge in [-0.05, 0) is 61.2 Å². The standard InChI is InChI=1S/C25H23BrFNO3S/c1-16-6-9-18(10-7-16)32(29,30)28-15-22-19(20-4-2-3-5-24(20)28)12-13-31-25(22)21-14-17(26)8-11-23(21)27/h2-11,14,19,22,25H,12-13,15H2,1H3/t19-,22-,25+/m0/s1. The van der Waals surface area contributed by atoms with Gasteiger partial charge in [0.1, 0.15) is 5.82 Å². The van der Waals surface area contributed by atoms with E-state index in [-0.39, 0.29) is 29.1 Å². The van der Waals surface area contributed by atoms with Crippen LogP contribution in [-0.2, 0) is 14.8 Å². The summed E-state index contributed by atoms with van der Waals surface area (Å²) in [6.45, 7) is 2.65. The zero-order valence-corrected chi connectivity index (χ0v) is 19.9. The van der Waals surface area contributed by atoms with E-state index in [1.165, 1.54) is 10.4 Å². The lowest BCUT2D eigenvalue weighted by Crippen LogP contribution is -2.46. The number of rotatable bonds is 3. The highest BCUT2D eigenvalue weighted by Gasteiger charge is 2.45. The molecule has 0 amide bonds. The zero-order chi connectivity index (χ0) is 22.5. The summed E-state index contributed by atoms with van der Waals surface area (Å²) in [5.74, 6) is -0.457. The lowest BCUT2D eigenvalue weighted by Gasteiger charge is -2.46. The van der Waals surface area contributed by atoms with Gasteiger partial charge in [0.15, 0.2) is 0 Å². The number of halogens is 2. The fourth-order valence-electron chi connectivity index (χ4n) is 4.92. The van der Waals surface area contributed by atoms with E-state index >= 15 is 0 Å². The van der Waals surface area contributed by atoms with Gasteiger partial charge in [0, 0.05) is 29.1 Å². The minimum Gasteiger partial charge on any atom is -0.373 e. The average Bonchev–Trinajstić information content (AvgIpc) is 2.80. The monoisotopic (exact) mass is 515 g/mol. The molecular weight excluding hydrogens is 493 g/mol. The maximum Gasteiger partial charge on any atom is 0.264 e. The first kappa shape index (κ1) is 21.6. The summed E-state index contributed by atoms with van der Waals surface area (Å²) in [5, 5.41) is 0. The summed E-state index contributed by atoms with van der Waals surface area (Å²) >= 11 is 3.43. The first-order valence-corrected chi connectivity index (χ1v) is 12.8. The van der Waals surface area contributed by atoms with Crippen LogP contribution in [0.1, 0.15) is 35.1 Å². The molecule has 0 radical (unpaired) electrons. The molecule has 0 saturated carbocycles. The third-order valence-corrected chi connectivity index (χ3v) is 8.77. The van der Waals surface area contributed by atoms with Crippen molar-refractivity contribution in [2.24, 2.45) is 5.92 Å². The highest BCUT2D eigenvalue weighted by molar-refractivity contribution is 9.10. The third-order valence-electron chi connectivity index (χ3n) is 6.49. The predicted molar refractivity (Wildman–Crippen MR) is 126 cm³/mol. The van der Waals surface area contributed by atoms with Gasteiger partial charge in [-0.2, -0.15) is 0 Å². The lowest BCUT2D eigenvalue weighted by atomic mass is 9.74. The molecule has 32 heavy (non-hydrogen) atoms. The molecule has 2 aliphatic rings. The number of hydrogen-bond acceptors (Lipinski definition) is 3. The fraction of sp³-hybridized carbons (Fsp3) is 0.280. The number of hydrogen-bond donors (Lipinski definition) is 0. The number of fused-ring (bicyclic) bond motifs is 3. The first-order chi connectivity index (χ1) is 15.4. The van der Waals surface area contributed by atoms with Crippen molar-refractivity contribution in [1.29, 1.82) is 0 Å². The van der Waals surface area contributed by atoms with Crippen LogP contribution in [0.4, 0.5) is 10.1 Å². The van der Waals surface area contributed by atoms with Crippen LogP contribution < -0.4 is 4.31 Å². The van der Waals surface area contributed by atoms with Gasteiger partial charge in [-0.1, -0.05) is 51.8 Å². The lowest BCUT2D eigenvalue weighted by molar-refractivity contribution is -0.0402. The average molecular weight is 516 g/mol. The second-order valence-corrected chi connectivity index (χ2v) is 11.2. The minimum atomic E-state index is -3.79. The maximum absolute atomic E-state index is 14.8. The second-order valence-electron chi connectivity index (χ2n) is 8.42. The summed E-state index contributed by atoms with van der Waals surface area (Å²) in [7, 11) is -3.79. The molecule has 1 fully saturated rings. The molecule has 1 saturated heterocycles. The Kier molecular flexibility index (Phi) is 5.60. The van der Waals surface area contributed by atoms with E-state index < -0.39 is 16.1 Å². The molecule has 0 N–H and O–H groups in total. The Hall–Kier alpha value is -2.22. The van der Waals surface area contributed by atoms with Crippen LogP contribution in [0.25, 0.3) is 0 Å². The van der Waals surface area contributed by atoms with E-state index in [9.17, 15) is 12.8 Å². The van der Waals surface area contributed by atoms with E-state index in [1.807, 2.05) is 31.2 Å². The smallest absolute Gasteiger partial charge is 0.264 e. The van der Waals surface area contributed by atoms with Crippen molar-refractivity contribution >= 4 is 31.6 Å². The molecular formula is C25H23BrFNO3S. The van der Waals surface area contributed by atoms with Crippen LogP contribution >= 0.6 is 15.9 Å². The van der Waals surface area contributed by atoms with E-state index in [2.05, 4.69) is 15.9 Å².